The molecule has 0 spiro atoms. The highest BCUT2D eigenvalue weighted by Gasteiger charge is 2.11. The molecule has 0 atom stereocenters. The fourth-order valence-corrected chi connectivity index (χ4v) is 3.30. The molecule has 0 aliphatic rings. The maximum atomic E-state index is 11.5. The Bertz CT molecular complexity index is 1270. The summed E-state index contributed by atoms with van der Waals surface area (Å²) < 4.78 is 2.03. The van der Waals surface area contributed by atoms with Crippen LogP contribution in [-0.2, 0) is 0 Å². The maximum absolute atomic E-state index is 11.5. The minimum atomic E-state index is -0.202. The summed E-state index contributed by atoms with van der Waals surface area (Å²) in [6.45, 7) is 0. The molecule has 3 aromatic carbocycles. The van der Waals surface area contributed by atoms with Gasteiger partial charge in [0.25, 0.3) is 0 Å². The van der Waals surface area contributed by atoms with E-state index in [1.807, 2.05) is 47.2 Å². The Kier molecular flexibility index (Phi) is 2.87. The highest BCUT2D eigenvalue weighted by Crippen LogP contribution is 2.29. The molecule has 5 aromatic rings. The number of hydrogen-bond donors (Lipinski definition) is 2. The molecule has 5 heteroatoms. The summed E-state index contributed by atoms with van der Waals surface area (Å²) in [5.41, 5.74) is 3.39. The first kappa shape index (κ1) is 13.8. The van der Waals surface area contributed by atoms with E-state index in [1.54, 1.807) is 6.20 Å². The minimum absolute atomic E-state index is 0.202. The van der Waals surface area contributed by atoms with Crippen molar-refractivity contribution in [3.05, 3.63) is 83.5 Å². The lowest BCUT2D eigenvalue weighted by molar-refractivity contribution is 1.07. The number of nitrogens with zero attached hydrogens (tertiary/aromatic N) is 2. The summed E-state index contributed by atoms with van der Waals surface area (Å²) in [4.78, 5) is 21.6. The van der Waals surface area contributed by atoms with Crippen LogP contribution in [-0.4, -0.2) is 19.5 Å². The van der Waals surface area contributed by atoms with E-state index in [-0.39, 0.29) is 5.69 Å². The summed E-state index contributed by atoms with van der Waals surface area (Å²) in [6, 6.07) is 20.3. The third-order valence-corrected chi connectivity index (χ3v) is 4.45. The first-order chi connectivity index (χ1) is 12.3. The van der Waals surface area contributed by atoms with Crippen molar-refractivity contribution in [2.75, 3.05) is 0 Å². The molecule has 0 amide bonds. The molecule has 0 radical (unpaired) electrons. The molecular weight excluding hydrogens is 312 g/mol. The van der Waals surface area contributed by atoms with Gasteiger partial charge in [0.2, 0.25) is 0 Å². The highest BCUT2D eigenvalue weighted by atomic mass is 16.1. The van der Waals surface area contributed by atoms with Crippen molar-refractivity contribution in [3.63, 3.8) is 0 Å². The molecule has 5 rings (SSSR count). The van der Waals surface area contributed by atoms with Crippen LogP contribution in [0.25, 0.3) is 38.9 Å². The monoisotopic (exact) mass is 326 g/mol. The van der Waals surface area contributed by atoms with E-state index in [2.05, 4.69) is 39.2 Å². The zero-order chi connectivity index (χ0) is 16.8. The third kappa shape index (κ3) is 2.17. The van der Waals surface area contributed by atoms with Gasteiger partial charge < -0.3 is 9.97 Å². The van der Waals surface area contributed by atoms with Crippen LogP contribution in [0.5, 0.6) is 0 Å². The number of rotatable bonds is 2. The van der Waals surface area contributed by atoms with Gasteiger partial charge in [-0.2, -0.15) is 0 Å². The Morgan fingerprint density at radius 3 is 2.68 bits per heavy atom. The molecule has 0 saturated heterocycles. The average Bonchev–Trinajstić information content (AvgIpc) is 3.26. The lowest BCUT2D eigenvalue weighted by atomic mass is 10.0. The number of nitrogens with one attached hydrogen (secondary N) is 2. The summed E-state index contributed by atoms with van der Waals surface area (Å²) in [5.74, 6) is 0.869. The molecule has 25 heavy (non-hydrogen) atoms. The van der Waals surface area contributed by atoms with Crippen molar-refractivity contribution in [3.8, 4) is 17.1 Å². The number of H-pyrrole nitrogens is 2. The van der Waals surface area contributed by atoms with Gasteiger partial charge in [-0.3, -0.25) is 4.57 Å². The van der Waals surface area contributed by atoms with Gasteiger partial charge in [0.15, 0.2) is 0 Å². The molecule has 0 aliphatic carbocycles. The molecule has 0 aliphatic heterocycles. The number of fused-ring (bicyclic) bond motifs is 2. The number of benzene rings is 3. The van der Waals surface area contributed by atoms with Crippen LogP contribution in [0, 0.1) is 0 Å². The molecule has 0 saturated carbocycles. The molecule has 2 heterocycles. The summed E-state index contributed by atoms with van der Waals surface area (Å²) in [7, 11) is 0. The average molecular weight is 326 g/mol. The summed E-state index contributed by atoms with van der Waals surface area (Å²) in [5, 5.41) is 2.34. The summed E-state index contributed by atoms with van der Waals surface area (Å²) in [6.07, 6.45) is 3.73. The number of hydrogen-bond acceptors (Lipinski definition) is 2. The van der Waals surface area contributed by atoms with Gasteiger partial charge in [-0.25, -0.2) is 9.78 Å². The second-order valence-corrected chi connectivity index (χ2v) is 5.96. The van der Waals surface area contributed by atoms with Crippen LogP contribution in [0.3, 0.4) is 0 Å². The van der Waals surface area contributed by atoms with E-state index in [4.69, 9.17) is 0 Å². The van der Waals surface area contributed by atoms with E-state index >= 15 is 0 Å². The van der Waals surface area contributed by atoms with Gasteiger partial charge in [-0.15, -0.1) is 0 Å². The molecule has 120 valence electrons. The Morgan fingerprint density at radius 2 is 1.72 bits per heavy atom. The zero-order valence-corrected chi connectivity index (χ0v) is 13.2. The summed E-state index contributed by atoms with van der Waals surface area (Å²) >= 11 is 0. The number of aromatic nitrogens is 4. The van der Waals surface area contributed by atoms with Crippen LogP contribution in [0.4, 0.5) is 0 Å². The molecule has 0 bridgehead atoms. The van der Waals surface area contributed by atoms with Crippen LogP contribution in [0.15, 0.2) is 77.9 Å². The minimum Gasteiger partial charge on any atom is -0.306 e. The third-order valence-electron chi connectivity index (χ3n) is 4.45. The van der Waals surface area contributed by atoms with Gasteiger partial charge in [0.1, 0.15) is 5.82 Å². The van der Waals surface area contributed by atoms with Crippen molar-refractivity contribution < 1.29 is 0 Å². The van der Waals surface area contributed by atoms with Crippen LogP contribution in [0.1, 0.15) is 0 Å². The van der Waals surface area contributed by atoms with E-state index in [1.165, 1.54) is 5.39 Å². The van der Waals surface area contributed by atoms with E-state index < -0.39 is 0 Å². The van der Waals surface area contributed by atoms with Crippen molar-refractivity contribution in [2.24, 2.45) is 0 Å². The molecule has 2 aromatic heterocycles. The standard InChI is InChI=1S/C20H14N4O/c25-20-22-17-9-8-14(12-18(17)23-20)24-11-10-21-19(24)16-7-3-5-13-4-1-2-6-15(13)16/h1-12H,(H2,22,23,25). The fourth-order valence-electron chi connectivity index (χ4n) is 3.30. The van der Waals surface area contributed by atoms with Gasteiger partial charge in [0, 0.05) is 23.6 Å². The van der Waals surface area contributed by atoms with Gasteiger partial charge in [-0.1, -0.05) is 42.5 Å². The maximum Gasteiger partial charge on any atom is 0.323 e. The normalized spacial score (nSPS) is 11.4. The Morgan fingerprint density at radius 1 is 0.880 bits per heavy atom. The van der Waals surface area contributed by atoms with Crippen LogP contribution in [0.2, 0.25) is 0 Å². The predicted molar refractivity (Wildman–Crippen MR) is 99.0 cm³/mol. The first-order valence-electron chi connectivity index (χ1n) is 8.03. The Hall–Kier alpha value is -3.60. The second kappa shape index (κ2) is 5.21. The lowest BCUT2D eigenvalue weighted by Gasteiger charge is -2.10. The van der Waals surface area contributed by atoms with Crippen LogP contribution < -0.4 is 5.69 Å². The molecule has 0 fully saturated rings. The largest absolute Gasteiger partial charge is 0.323 e. The van der Waals surface area contributed by atoms with Gasteiger partial charge in [-0.05, 0) is 29.0 Å². The first-order valence-corrected chi connectivity index (χ1v) is 8.03. The van der Waals surface area contributed by atoms with Crippen molar-refractivity contribution in [1.82, 2.24) is 19.5 Å². The molecular formula is C20H14N4O. The van der Waals surface area contributed by atoms with E-state index in [0.717, 1.165) is 33.5 Å². The van der Waals surface area contributed by atoms with Gasteiger partial charge in [0.05, 0.1) is 11.0 Å². The van der Waals surface area contributed by atoms with E-state index in [9.17, 15) is 4.79 Å². The van der Waals surface area contributed by atoms with Crippen molar-refractivity contribution >= 4 is 21.8 Å². The molecule has 5 nitrogen and oxygen atoms in total. The Balaban J connectivity index is 1.74. The molecule has 0 unspecified atom stereocenters. The highest BCUT2D eigenvalue weighted by molar-refractivity contribution is 5.95. The van der Waals surface area contributed by atoms with Gasteiger partial charge >= 0.3 is 5.69 Å². The Labute approximate surface area is 142 Å². The topological polar surface area (TPSA) is 66.5 Å². The zero-order valence-electron chi connectivity index (χ0n) is 13.2. The second-order valence-electron chi connectivity index (χ2n) is 5.96. The van der Waals surface area contributed by atoms with Crippen molar-refractivity contribution in [1.29, 1.82) is 0 Å². The van der Waals surface area contributed by atoms with E-state index in [0.29, 0.717) is 0 Å². The predicted octanol–water partition coefficient (Wildman–Crippen LogP) is 3.86. The number of aromatic amines is 2. The lowest BCUT2D eigenvalue weighted by Crippen LogP contribution is -1.99. The SMILES string of the molecule is O=c1[nH]c2ccc(-n3ccnc3-c3cccc4ccccc34)cc2[nH]1. The quantitative estimate of drug-likeness (QED) is 0.517. The smallest absolute Gasteiger partial charge is 0.306 e. The van der Waals surface area contributed by atoms with Crippen LogP contribution >= 0.6 is 0 Å². The molecule has 2 N–H and O–H groups in total. The van der Waals surface area contributed by atoms with Crippen molar-refractivity contribution in [2.45, 2.75) is 0 Å². The number of imidazole rings is 2. The fraction of sp³-hybridized carbons (Fsp3) is 0.